The lowest BCUT2D eigenvalue weighted by Crippen LogP contribution is -2.19. The molecular weight excluding hydrogens is 449 g/mol. The Morgan fingerprint density at radius 1 is 0.848 bits per heavy atom. The summed E-state index contributed by atoms with van der Waals surface area (Å²) in [6.45, 7) is 1.92. The van der Waals surface area contributed by atoms with Crippen molar-refractivity contribution < 1.29 is 35.5 Å². The van der Waals surface area contributed by atoms with Crippen LogP contribution in [0.2, 0.25) is 0 Å². The van der Waals surface area contributed by atoms with Gasteiger partial charge in [-0.3, -0.25) is 0 Å². The van der Waals surface area contributed by atoms with E-state index in [1.165, 1.54) is 12.1 Å². The van der Waals surface area contributed by atoms with Gasteiger partial charge in [0, 0.05) is 11.1 Å². The molecule has 0 N–H and O–H groups in total. The molecule has 0 atom stereocenters. The fourth-order valence-electron chi connectivity index (χ4n) is 3.95. The average molecular weight is 466 g/mol. The van der Waals surface area contributed by atoms with Gasteiger partial charge in [0.25, 0.3) is 0 Å². The highest BCUT2D eigenvalue weighted by molar-refractivity contribution is 5.74. The molecule has 0 saturated carbocycles. The Kier molecular flexibility index (Phi) is 5.95. The summed E-state index contributed by atoms with van der Waals surface area (Å²) in [5.74, 6) is -5.92. The lowest BCUT2D eigenvalue weighted by atomic mass is 9.85. The summed E-state index contributed by atoms with van der Waals surface area (Å²) < 4.78 is 98.3. The van der Waals surface area contributed by atoms with Crippen molar-refractivity contribution in [2.24, 2.45) is 0 Å². The molecule has 1 aliphatic carbocycles. The van der Waals surface area contributed by atoms with Crippen LogP contribution in [0, 0.1) is 23.3 Å². The zero-order valence-electron chi connectivity index (χ0n) is 17.3. The highest BCUT2D eigenvalue weighted by atomic mass is 19.4. The van der Waals surface area contributed by atoms with E-state index in [4.69, 9.17) is 0 Å². The highest BCUT2D eigenvalue weighted by Crippen LogP contribution is 2.37. The van der Waals surface area contributed by atoms with Gasteiger partial charge < -0.3 is 4.74 Å². The number of rotatable bonds is 4. The molecule has 0 fully saturated rings. The molecule has 1 aliphatic rings. The molecule has 0 aromatic heterocycles. The Morgan fingerprint density at radius 2 is 1.52 bits per heavy atom. The number of alkyl halides is 3. The minimum Gasteiger partial charge on any atom is -0.399 e. The highest BCUT2D eigenvalue weighted by Gasteiger charge is 2.34. The van der Waals surface area contributed by atoms with Gasteiger partial charge in [0.2, 0.25) is 5.75 Å². The van der Waals surface area contributed by atoms with E-state index in [2.05, 4.69) is 4.74 Å². The molecule has 4 rings (SSSR count). The van der Waals surface area contributed by atoms with E-state index in [-0.39, 0.29) is 35.3 Å². The van der Waals surface area contributed by atoms with Crippen molar-refractivity contribution in [3.63, 3.8) is 0 Å². The molecule has 1 nitrogen and oxygen atoms in total. The van der Waals surface area contributed by atoms with E-state index in [1.54, 1.807) is 18.2 Å². The van der Waals surface area contributed by atoms with Gasteiger partial charge in [0.05, 0.1) is 0 Å². The second-order valence-corrected chi connectivity index (χ2v) is 7.66. The Labute approximate surface area is 185 Å². The monoisotopic (exact) mass is 466 g/mol. The van der Waals surface area contributed by atoms with Crippen molar-refractivity contribution in [3.8, 4) is 16.9 Å². The van der Waals surface area contributed by atoms with Crippen LogP contribution in [0.3, 0.4) is 0 Å². The Bertz CT molecular complexity index is 1240. The van der Waals surface area contributed by atoms with Crippen molar-refractivity contribution in [1.82, 2.24) is 0 Å². The molecule has 172 valence electrons. The van der Waals surface area contributed by atoms with E-state index >= 15 is 4.39 Å². The van der Waals surface area contributed by atoms with Crippen LogP contribution in [0.15, 0.2) is 48.5 Å². The van der Waals surface area contributed by atoms with Gasteiger partial charge in [-0.05, 0) is 65.3 Å². The fraction of sp³-hybridized carbons (Fsp3) is 0.200. The van der Waals surface area contributed by atoms with Crippen LogP contribution in [-0.4, -0.2) is 6.36 Å². The normalized spacial score (nSPS) is 13.5. The van der Waals surface area contributed by atoms with E-state index in [1.807, 2.05) is 13.0 Å². The standard InChI is InChI=1S/C25H17F7O/c1-2-13-3-6-17(20(26)9-13)14-4-7-18-15(10-14)5-8-19(23(18)29)16-11-21(27)24(22(28)12-16)33-25(30,31)32/h3-6,8-9,11-12H,2,7,10H2,1H3. The van der Waals surface area contributed by atoms with Crippen molar-refractivity contribution in [1.29, 1.82) is 0 Å². The number of hydrogen-bond donors (Lipinski definition) is 0. The Balaban J connectivity index is 1.66. The molecule has 0 spiro atoms. The largest absolute Gasteiger partial charge is 0.573 e. The smallest absolute Gasteiger partial charge is 0.399 e. The van der Waals surface area contributed by atoms with E-state index in [0.717, 1.165) is 5.56 Å². The van der Waals surface area contributed by atoms with E-state index in [0.29, 0.717) is 35.3 Å². The van der Waals surface area contributed by atoms with Crippen molar-refractivity contribution in [2.75, 3.05) is 0 Å². The third-order valence-electron chi connectivity index (χ3n) is 5.59. The molecule has 0 unspecified atom stereocenters. The lowest BCUT2D eigenvalue weighted by molar-refractivity contribution is -0.276. The number of hydrogen-bond acceptors (Lipinski definition) is 1. The SMILES string of the molecule is CCc1ccc(C2=CCc3c(ccc(-c4cc(F)c(OC(F)(F)F)c(F)c4)c3F)C2)c(F)c1. The van der Waals surface area contributed by atoms with Crippen LogP contribution in [0.5, 0.6) is 5.75 Å². The van der Waals surface area contributed by atoms with Crippen molar-refractivity contribution in [3.05, 3.63) is 94.1 Å². The summed E-state index contributed by atoms with van der Waals surface area (Å²) >= 11 is 0. The van der Waals surface area contributed by atoms with Gasteiger partial charge in [-0.1, -0.05) is 37.3 Å². The van der Waals surface area contributed by atoms with Crippen molar-refractivity contribution in [2.45, 2.75) is 32.5 Å². The predicted molar refractivity (Wildman–Crippen MR) is 110 cm³/mol. The zero-order chi connectivity index (χ0) is 23.9. The maximum atomic E-state index is 15.2. The van der Waals surface area contributed by atoms with E-state index in [9.17, 15) is 26.3 Å². The quantitative estimate of drug-likeness (QED) is 0.361. The van der Waals surface area contributed by atoms with Gasteiger partial charge in [-0.25, -0.2) is 17.6 Å². The molecule has 33 heavy (non-hydrogen) atoms. The molecule has 3 aromatic carbocycles. The third kappa shape index (κ3) is 4.60. The van der Waals surface area contributed by atoms with Gasteiger partial charge in [-0.15, -0.1) is 13.2 Å². The molecule has 0 amide bonds. The lowest BCUT2D eigenvalue weighted by Gasteiger charge is -2.20. The van der Waals surface area contributed by atoms with Gasteiger partial charge in [0.15, 0.2) is 11.6 Å². The summed E-state index contributed by atoms with van der Waals surface area (Å²) in [5.41, 5.74) is 2.40. The Hall–Kier alpha value is -3.29. The molecular formula is C25H17F7O. The number of benzene rings is 3. The van der Waals surface area contributed by atoms with E-state index < -0.39 is 29.6 Å². The van der Waals surface area contributed by atoms with Crippen LogP contribution in [0.25, 0.3) is 16.7 Å². The maximum Gasteiger partial charge on any atom is 0.573 e. The van der Waals surface area contributed by atoms with Crippen molar-refractivity contribution >= 4 is 5.57 Å². The summed E-state index contributed by atoms with van der Waals surface area (Å²) in [6.07, 6.45) is -2.51. The molecule has 0 saturated heterocycles. The zero-order valence-corrected chi connectivity index (χ0v) is 17.3. The predicted octanol–water partition coefficient (Wildman–Crippen LogP) is 7.55. The molecule has 0 heterocycles. The first kappa shape index (κ1) is 22.9. The minimum absolute atomic E-state index is 0.125. The number of allylic oxidation sites excluding steroid dienone is 2. The first-order chi connectivity index (χ1) is 15.6. The number of fused-ring (bicyclic) bond motifs is 1. The number of halogens is 7. The second-order valence-electron chi connectivity index (χ2n) is 7.66. The number of ether oxygens (including phenoxy) is 1. The van der Waals surface area contributed by atoms with Gasteiger partial charge in [-0.2, -0.15) is 0 Å². The molecule has 0 aliphatic heterocycles. The average Bonchev–Trinajstić information content (AvgIpc) is 2.75. The number of aryl methyl sites for hydroxylation is 1. The van der Waals surface area contributed by atoms with Crippen LogP contribution in [-0.2, 0) is 19.3 Å². The summed E-state index contributed by atoms with van der Waals surface area (Å²) in [4.78, 5) is 0. The van der Waals surface area contributed by atoms with Crippen LogP contribution < -0.4 is 4.74 Å². The molecule has 3 aromatic rings. The molecule has 0 bridgehead atoms. The van der Waals surface area contributed by atoms with Crippen LogP contribution in [0.4, 0.5) is 30.7 Å². The topological polar surface area (TPSA) is 9.23 Å². The summed E-state index contributed by atoms with van der Waals surface area (Å²) in [6, 6.07) is 9.01. The van der Waals surface area contributed by atoms with Crippen LogP contribution in [0.1, 0.15) is 29.2 Å². The molecule has 0 radical (unpaired) electrons. The minimum atomic E-state index is -5.28. The van der Waals surface area contributed by atoms with Crippen LogP contribution >= 0.6 is 0 Å². The van der Waals surface area contributed by atoms with Gasteiger partial charge in [0.1, 0.15) is 11.6 Å². The summed E-state index contributed by atoms with van der Waals surface area (Å²) in [7, 11) is 0. The molecule has 8 heteroatoms. The summed E-state index contributed by atoms with van der Waals surface area (Å²) in [5, 5.41) is 0. The first-order valence-corrected chi connectivity index (χ1v) is 10.1. The first-order valence-electron chi connectivity index (χ1n) is 10.1. The Morgan fingerprint density at radius 3 is 2.12 bits per heavy atom. The maximum absolute atomic E-state index is 15.2. The third-order valence-corrected chi connectivity index (χ3v) is 5.59. The van der Waals surface area contributed by atoms with Gasteiger partial charge >= 0.3 is 6.36 Å². The second kappa shape index (κ2) is 8.57. The fourth-order valence-corrected chi connectivity index (χ4v) is 3.95.